The summed E-state index contributed by atoms with van der Waals surface area (Å²) in [6.07, 6.45) is 1.48. The normalized spacial score (nSPS) is 10.3. The monoisotopic (exact) mass is 300 g/mol. The molecule has 0 spiro atoms. The van der Waals surface area contributed by atoms with Gasteiger partial charge in [-0.15, -0.1) is 5.10 Å². The molecule has 7 heteroatoms. The number of nitrogens with zero attached hydrogens (tertiary/aromatic N) is 2. The third kappa shape index (κ3) is 3.35. The summed E-state index contributed by atoms with van der Waals surface area (Å²) in [7, 11) is 3.10. The molecule has 1 rings (SSSR count). The lowest BCUT2D eigenvalue weighted by molar-refractivity contribution is 0.354. The molecular weight excluding hydrogens is 288 g/mol. The van der Waals surface area contributed by atoms with Crippen molar-refractivity contribution in [2.45, 2.75) is 0 Å². The van der Waals surface area contributed by atoms with Crippen LogP contribution < -0.4 is 20.9 Å². The molecule has 0 saturated carbocycles. The van der Waals surface area contributed by atoms with E-state index in [0.29, 0.717) is 17.1 Å². The van der Waals surface area contributed by atoms with E-state index in [1.54, 1.807) is 20.3 Å². The minimum Gasteiger partial charge on any atom is -0.493 e. The Bertz CT molecular complexity index is 456. The molecule has 0 heterocycles. The maximum absolute atomic E-state index is 5.25. The van der Waals surface area contributed by atoms with Gasteiger partial charge >= 0.3 is 0 Å². The van der Waals surface area contributed by atoms with Crippen molar-refractivity contribution in [1.82, 2.24) is 0 Å². The van der Waals surface area contributed by atoms with Gasteiger partial charge in [-0.2, -0.15) is 5.10 Å². The summed E-state index contributed by atoms with van der Waals surface area (Å²) in [5.41, 5.74) is 11.0. The Labute approximate surface area is 107 Å². The summed E-state index contributed by atoms with van der Waals surface area (Å²) in [6.45, 7) is 0. The van der Waals surface area contributed by atoms with Crippen LogP contribution in [-0.2, 0) is 0 Å². The SMILES string of the molecule is COc1ccc(Br)c(C=NN=C(N)N)c1OC. The predicted octanol–water partition coefficient (Wildman–Crippen LogP) is 1.07. The molecule has 0 atom stereocenters. The second-order valence-corrected chi connectivity index (χ2v) is 3.82. The van der Waals surface area contributed by atoms with E-state index in [1.807, 2.05) is 6.07 Å². The van der Waals surface area contributed by atoms with Gasteiger partial charge in [-0.25, -0.2) is 0 Å². The van der Waals surface area contributed by atoms with E-state index in [0.717, 1.165) is 4.47 Å². The average molecular weight is 301 g/mol. The van der Waals surface area contributed by atoms with E-state index < -0.39 is 0 Å². The number of methoxy groups -OCH3 is 2. The number of benzene rings is 1. The maximum atomic E-state index is 5.25. The van der Waals surface area contributed by atoms with E-state index in [2.05, 4.69) is 26.1 Å². The second-order valence-electron chi connectivity index (χ2n) is 2.97. The van der Waals surface area contributed by atoms with E-state index >= 15 is 0 Å². The average Bonchev–Trinajstić information content (AvgIpc) is 2.30. The van der Waals surface area contributed by atoms with Gasteiger partial charge < -0.3 is 20.9 Å². The number of nitrogens with two attached hydrogens (primary N) is 2. The molecule has 0 bridgehead atoms. The van der Waals surface area contributed by atoms with E-state index in [4.69, 9.17) is 20.9 Å². The van der Waals surface area contributed by atoms with Crippen LogP contribution in [0.15, 0.2) is 26.8 Å². The van der Waals surface area contributed by atoms with Crippen molar-refractivity contribution in [1.29, 1.82) is 0 Å². The predicted molar refractivity (Wildman–Crippen MR) is 70.6 cm³/mol. The van der Waals surface area contributed by atoms with Crippen LogP contribution in [0.2, 0.25) is 0 Å². The first-order chi connectivity index (χ1) is 8.10. The standard InChI is InChI=1S/C10H13BrN4O2/c1-16-8-4-3-7(11)6(9(8)17-2)5-14-15-10(12)13/h3-5H,1-2H3,(H4,12,13,15). The molecule has 0 radical (unpaired) electrons. The van der Waals surface area contributed by atoms with E-state index in [9.17, 15) is 0 Å². The fourth-order valence-electron chi connectivity index (χ4n) is 1.20. The highest BCUT2D eigenvalue weighted by Gasteiger charge is 2.11. The van der Waals surface area contributed by atoms with Crippen molar-refractivity contribution in [3.8, 4) is 11.5 Å². The van der Waals surface area contributed by atoms with Crippen LogP contribution in [0, 0.1) is 0 Å². The minimum absolute atomic E-state index is 0.112. The quantitative estimate of drug-likeness (QED) is 0.494. The zero-order valence-corrected chi connectivity index (χ0v) is 11.1. The zero-order chi connectivity index (χ0) is 12.8. The Morgan fingerprint density at radius 3 is 2.53 bits per heavy atom. The molecule has 1 aromatic rings. The van der Waals surface area contributed by atoms with Crippen LogP contribution >= 0.6 is 15.9 Å². The van der Waals surface area contributed by atoms with Gasteiger partial charge in [0.05, 0.1) is 26.0 Å². The molecule has 0 unspecified atom stereocenters. The van der Waals surface area contributed by atoms with Gasteiger partial charge in [0.2, 0.25) is 5.96 Å². The van der Waals surface area contributed by atoms with Gasteiger partial charge in [0.1, 0.15) is 0 Å². The van der Waals surface area contributed by atoms with Gasteiger partial charge in [0, 0.05) is 4.47 Å². The van der Waals surface area contributed by atoms with Crippen LogP contribution in [-0.4, -0.2) is 26.4 Å². The number of rotatable bonds is 4. The molecule has 92 valence electrons. The Morgan fingerprint density at radius 2 is 2.00 bits per heavy atom. The fourth-order valence-corrected chi connectivity index (χ4v) is 1.61. The third-order valence-corrected chi connectivity index (χ3v) is 2.58. The molecule has 17 heavy (non-hydrogen) atoms. The number of halogens is 1. The fraction of sp³-hybridized carbons (Fsp3) is 0.200. The highest BCUT2D eigenvalue weighted by Crippen LogP contribution is 2.34. The molecule has 0 aromatic heterocycles. The van der Waals surface area contributed by atoms with Gasteiger partial charge in [-0.3, -0.25) is 0 Å². The summed E-state index contributed by atoms with van der Waals surface area (Å²) in [6, 6.07) is 3.60. The lowest BCUT2D eigenvalue weighted by Gasteiger charge is -2.11. The molecule has 0 amide bonds. The third-order valence-electron chi connectivity index (χ3n) is 1.89. The molecule has 0 fully saturated rings. The first-order valence-electron chi connectivity index (χ1n) is 4.62. The number of ether oxygens (including phenoxy) is 2. The highest BCUT2D eigenvalue weighted by molar-refractivity contribution is 9.10. The first kappa shape index (κ1) is 13.3. The number of hydrogen-bond acceptors (Lipinski definition) is 4. The maximum Gasteiger partial charge on any atom is 0.211 e. The smallest absolute Gasteiger partial charge is 0.211 e. The Morgan fingerprint density at radius 1 is 1.29 bits per heavy atom. The van der Waals surface area contributed by atoms with Crippen LogP contribution in [0.1, 0.15) is 5.56 Å². The highest BCUT2D eigenvalue weighted by atomic mass is 79.9. The van der Waals surface area contributed by atoms with Gasteiger partial charge in [0.25, 0.3) is 0 Å². The molecule has 0 aliphatic rings. The van der Waals surface area contributed by atoms with Crippen LogP contribution in [0.25, 0.3) is 0 Å². The van der Waals surface area contributed by atoms with Gasteiger partial charge in [-0.05, 0) is 28.1 Å². The largest absolute Gasteiger partial charge is 0.493 e. The molecule has 0 aliphatic heterocycles. The molecule has 0 aliphatic carbocycles. The Balaban J connectivity index is 3.21. The van der Waals surface area contributed by atoms with Crippen molar-refractivity contribution >= 4 is 28.1 Å². The number of guanidine groups is 1. The molecule has 4 N–H and O–H groups in total. The topological polar surface area (TPSA) is 95.2 Å². The summed E-state index contributed by atoms with van der Waals surface area (Å²) >= 11 is 3.38. The van der Waals surface area contributed by atoms with Crippen molar-refractivity contribution in [3.63, 3.8) is 0 Å². The number of hydrogen-bond donors (Lipinski definition) is 2. The van der Waals surface area contributed by atoms with Crippen molar-refractivity contribution in [3.05, 3.63) is 22.2 Å². The van der Waals surface area contributed by atoms with Gasteiger partial charge in [-0.1, -0.05) is 0 Å². The van der Waals surface area contributed by atoms with Crippen molar-refractivity contribution < 1.29 is 9.47 Å². The van der Waals surface area contributed by atoms with Crippen LogP contribution in [0.5, 0.6) is 11.5 Å². The summed E-state index contributed by atoms with van der Waals surface area (Å²) in [5, 5.41) is 7.25. The minimum atomic E-state index is -0.112. The molecule has 0 saturated heterocycles. The Hall–Kier alpha value is -1.76. The van der Waals surface area contributed by atoms with Gasteiger partial charge in [0.15, 0.2) is 11.5 Å². The van der Waals surface area contributed by atoms with E-state index in [1.165, 1.54) is 6.21 Å². The van der Waals surface area contributed by atoms with E-state index in [-0.39, 0.29) is 5.96 Å². The van der Waals surface area contributed by atoms with Crippen molar-refractivity contribution in [2.24, 2.45) is 21.7 Å². The lowest BCUT2D eigenvalue weighted by Crippen LogP contribution is -2.21. The van der Waals surface area contributed by atoms with Crippen LogP contribution in [0.4, 0.5) is 0 Å². The first-order valence-corrected chi connectivity index (χ1v) is 5.42. The van der Waals surface area contributed by atoms with Crippen molar-refractivity contribution in [2.75, 3.05) is 14.2 Å². The molecule has 6 nitrogen and oxygen atoms in total. The summed E-state index contributed by atoms with van der Waals surface area (Å²) < 4.78 is 11.2. The summed E-state index contributed by atoms with van der Waals surface area (Å²) in [5.74, 6) is 1.04. The molecule has 1 aromatic carbocycles. The zero-order valence-electron chi connectivity index (χ0n) is 9.48. The molecular formula is C10H13BrN4O2. The second kappa shape index (κ2) is 6.09. The lowest BCUT2D eigenvalue weighted by atomic mass is 10.2. The Kier molecular flexibility index (Phi) is 4.77. The summed E-state index contributed by atoms with van der Waals surface area (Å²) in [4.78, 5) is 0. The van der Waals surface area contributed by atoms with Crippen LogP contribution in [0.3, 0.4) is 0 Å².